The predicted octanol–water partition coefficient (Wildman–Crippen LogP) is 2.48. The molecule has 0 amide bonds. The molecule has 0 aliphatic carbocycles. The Balaban J connectivity index is 1.85. The third kappa shape index (κ3) is 2.84. The minimum atomic E-state index is -3.96. The van der Waals surface area contributed by atoms with Crippen LogP contribution in [-0.4, -0.2) is 43.6 Å². The van der Waals surface area contributed by atoms with Crippen LogP contribution in [0, 0.1) is 5.82 Å². The summed E-state index contributed by atoms with van der Waals surface area (Å²) < 4.78 is 40.5. The van der Waals surface area contributed by atoms with Crippen LogP contribution in [-0.2, 0) is 10.0 Å². The summed E-state index contributed by atoms with van der Waals surface area (Å²) in [6.07, 6.45) is 3.07. The van der Waals surface area contributed by atoms with Gasteiger partial charge < -0.3 is 10.2 Å². The quantitative estimate of drug-likeness (QED) is 0.739. The molecule has 0 radical (unpaired) electrons. The van der Waals surface area contributed by atoms with E-state index < -0.39 is 15.8 Å². The average molecular weight is 395 g/mol. The Bertz CT molecular complexity index is 1080. The standard InChI is InChI=1S/C17H16ClFN4O2S/c18-14-11-12(19)1-2-16(14)26(24,25)23-8-4-13-15(23)3-5-21-17(13)22-9-6-20-7-10-22/h1-5,8,11,20H,6-7,9-10H2. The number of rotatable bonds is 3. The van der Waals surface area contributed by atoms with Gasteiger partial charge in [0.1, 0.15) is 16.5 Å². The molecule has 3 aromatic rings. The van der Waals surface area contributed by atoms with Gasteiger partial charge in [0.15, 0.2) is 0 Å². The van der Waals surface area contributed by atoms with Crippen molar-refractivity contribution < 1.29 is 12.8 Å². The van der Waals surface area contributed by atoms with Gasteiger partial charge in [0, 0.05) is 44.0 Å². The van der Waals surface area contributed by atoms with Crippen LogP contribution in [0.1, 0.15) is 0 Å². The molecule has 1 aliphatic heterocycles. The lowest BCUT2D eigenvalue weighted by Crippen LogP contribution is -2.43. The van der Waals surface area contributed by atoms with Gasteiger partial charge in [-0.3, -0.25) is 0 Å². The zero-order valence-electron chi connectivity index (χ0n) is 13.7. The smallest absolute Gasteiger partial charge is 0.269 e. The molecule has 0 bridgehead atoms. The van der Waals surface area contributed by atoms with E-state index in [2.05, 4.69) is 15.2 Å². The summed E-state index contributed by atoms with van der Waals surface area (Å²) in [6, 6.07) is 6.63. The first-order valence-corrected chi connectivity index (χ1v) is 9.92. The number of fused-ring (bicyclic) bond motifs is 1. The summed E-state index contributed by atoms with van der Waals surface area (Å²) >= 11 is 5.98. The highest BCUT2D eigenvalue weighted by atomic mass is 35.5. The fraction of sp³-hybridized carbons (Fsp3) is 0.235. The third-order valence-corrected chi connectivity index (χ3v) is 6.58. The Kier molecular flexibility index (Phi) is 4.34. The molecule has 1 aliphatic rings. The van der Waals surface area contributed by atoms with Gasteiger partial charge in [0.2, 0.25) is 0 Å². The van der Waals surface area contributed by atoms with Crippen LogP contribution in [0.25, 0.3) is 10.9 Å². The van der Waals surface area contributed by atoms with E-state index in [1.54, 1.807) is 18.3 Å². The summed E-state index contributed by atoms with van der Waals surface area (Å²) in [4.78, 5) is 6.43. The van der Waals surface area contributed by atoms with E-state index in [0.29, 0.717) is 5.52 Å². The molecule has 136 valence electrons. The molecule has 1 N–H and O–H groups in total. The Morgan fingerprint density at radius 1 is 1.15 bits per heavy atom. The van der Waals surface area contributed by atoms with Gasteiger partial charge in [0.25, 0.3) is 10.0 Å². The van der Waals surface area contributed by atoms with Gasteiger partial charge in [-0.1, -0.05) is 11.6 Å². The number of hydrogen-bond acceptors (Lipinski definition) is 5. The van der Waals surface area contributed by atoms with Gasteiger partial charge in [-0.2, -0.15) is 0 Å². The van der Waals surface area contributed by atoms with E-state index in [0.717, 1.165) is 53.5 Å². The number of halogens is 2. The highest BCUT2D eigenvalue weighted by Gasteiger charge is 2.24. The molecule has 1 aromatic carbocycles. The maximum Gasteiger partial charge on any atom is 0.269 e. The van der Waals surface area contributed by atoms with Crippen molar-refractivity contribution >= 4 is 38.3 Å². The topological polar surface area (TPSA) is 67.2 Å². The van der Waals surface area contributed by atoms with Crippen LogP contribution in [0.5, 0.6) is 0 Å². The lowest BCUT2D eigenvalue weighted by molar-refractivity contribution is 0.586. The Labute approximate surface area is 155 Å². The second-order valence-corrected chi connectivity index (χ2v) is 8.19. The SMILES string of the molecule is O=S(=O)(c1ccc(F)cc1Cl)n1ccc2c(N3CCNCC3)nccc21. The average Bonchev–Trinajstić information content (AvgIpc) is 3.07. The number of nitrogens with zero attached hydrogens (tertiary/aromatic N) is 3. The summed E-state index contributed by atoms with van der Waals surface area (Å²) in [7, 11) is -3.96. The van der Waals surface area contributed by atoms with Crippen LogP contribution in [0.2, 0.25) is 5.02 Å². The molecular weight excluding hydrogens is 379 g/mol. The van der Waals surface area contributed by atoms with Crippen molar-refractivity contribution in [2.45, 2.75) is 4.90 Å². The summed E-state index contributed by atoms with van der Waals surface area (Å²) in [5.74, 6) is 0.166. The molecule has 26 heavy (non-hydrogen) atoms. The van der Waals surface area contributed by atoms with E-state index in [4.69, 9.17) is 11.6 Å². The lowest BCUT2D eigenvalue weighted by Gasteiger charge is -2.28. The van der Waals surface area contributed by atoms with Crippen LogP contribution in [0.3, 0.4) is 0 Å². The predicted molar refractivity (Wildman–Crippen MR) is 98.8 cm³/mol. The molecule has 0 unspecified atom stereocenters. The van der Waals surface area contributed by atoms with Crippen LogP contribution in [0.4, 0.5) is 10.2 Å². The Hall–Kier alpha value is -2.16. The number of piperazine rings is 1. The largest absolute Gasteiger partial charge is 0.354 e. The van der Waals surface area contributed by atoms with Crippen molar-refractivity contribution in [3.63, 3.8) is 0 Å². The Morgan fingerprint density at radius 2 is 1.92 bits per heavy atom. The second-order valence-electron chi connectivity index (χ2n) is 6.00. The number of anilines is 1. The monoisotopic (exact) mass is 394 g/mol. The maximum absolute atomic E-state index is 13.3. The molecule has 3 heterocycles. The summed E-state index contributed by atoms with van der Waals surface area (Å²) in [5.41, 5.74) is 0.508. The first-order valence-electron chi connectivity index (χ1n) is 8.11. The minimum absolute atomic E-state index is 0.140. The van der Waals surface area contributed by atoms with E-state index in [-0.39, 0.29) is 9.92 Å². The lowest BCUT2D eigenvalue weighted by atomic mass is 10.2. The molecule has 0 atom stereocenters. The fourth-order valence-corrected chi connectivity index (χ4v) is 5.01. The molecule has 2 aromatic heterocycles. The van der Waals surface area contributed by atoms with E-state index in [1.807, 2.05) is 0 Å². The zero-order valence-corrected chi connectivity index (χ0v) is 15.3. The molecular formula is C17H16ClFN4O2S. The highest BCUT2D eigenvalue weighted by Crippen LogP contribution is 2.31. The molecule has 0 saturated carbocycles. The summed E-state index contributed by atoms with van der Waals surface area (Å²) in [6.45, 7) is 3.30. The van der Waals surface area contributed by atoms with Crippen molar-refractivity contribution in [1.82, 2.24) is 14.3 Å². The highest BCUT2D eigenvalue weighted by molar-refractivity contribution is 7.90. The van der Waals surface area contributed by atoms with E-state index in [9.17, 15) is 12.8 Å². The molecule has 0 spiro atoms. The summed E-state index contributed by atoms with van der Waals surface area (Å²) in [5, 5.41) is 3.88. The van der Waals surface area contributed by atoms with Crippen molar-refractivity contribution in [2.24, 2.45) is 0 Å². The van der Waals surface area contributed by atoms with E-state index >= 15 is 0 Å². The molecule has 9 heteroatoms. The van der Waals surface area contributed by atoms with Crippen LogP contribution < -0.4 is 10.2 Å². The van der Waals surface area contributed by atoms with Crippen molar-refractivity contribution in [3.05, 3.63) is 53.6 Å². The number of pyridine rings is 1. The number of aromatic nitrogens is 2. The second kappa shape index (κ2) is 6.53. The fourth-order valence-electron chi connectivity index (χ4n) is 3.16. The minimum Gasteiger partial charge on any atom is -0.354 e. The first kappa shape index (κ1) is 17.3. The maximum atomic E-state index is 13.3. The van der Waals surface area contributed by atoms with Crippen LogP contribution in [0.15, 0.2) is 47.6 Å². The first-order chi connectivity index (χ1) is 12.5. The van der Waals surface area contributed by atoms with E-state index in [1.165, 1.54) is 12.3 Å². The normalized spacial score (nSPS) is 15.5. The molecule has 6 nitrogen and oxygen atoms in total. The van der Waals surface area contributed by atoms with Gasteiger partial charge in [-0.15, -0.1) is 0 Å². The van der Waals surface area contributed by atoms with Gasteiger partial charge in [0.05, 0.1) is 10.5 Å². The van der Waals surface area contributed by atoms with Crippen molar-refractivity contribution in [3.8, 4) is 0 Å². The van der Waals surface area contributed by atoms with Crippen molar-refractivity contribution in [2.75, 3.05) is 31.1 Å². The number of nitrogens with one attached hydrogen (secondary N) is 1. The van der Waals surface area contributed by atoms with Gasteiger partial charge in [-0.05, 0) is 30.3 Å². The Morgan fingerprint density at radius 3 is 2.65 bits per heavy atom. The zero-order chi connectivity index (χ0) is 18.3. The van der Waals surface area contributed by atoms with Gasteiger partial charge in [-0.25, -0.2) is 21.8 Å². The van der Waals surface area contributed by atoms with Crippen LogP contribution >= 0.6 is 11.6 Å². The van der Waals surface area contributed by atoms with Gasteiger partial charge >= 0.3 is 0 Å². The molecule has 1 saturated heterocycles. The van der Waals surface area contributed by atoms with Crippen molar-refractivity contribution in [1.29, 1.82) is 0 Å². The molecule has 1 fully saturated rings. The molecule has 4 rings (SSSR count). The number of benzene rings is 1. The number of hydrogen-bond donors (Lipinski definition) is 1. The third-order valence-electron chi connectivity index (χ3n) is 4.41.